The SMILES string of the molecule is O=c1ccc2c(-c3ccc4c(c3)CNC4)ccnc2n1Cl. The van der Waals surface area contributed by atoms with E-state index in [2.05, 4.69) is 28.5 Å². The lowest BCUT2D eigenvalue weighted by Crippen LogP contribution is -2.12. The summed E-state index contributed by atoms with van der Waals surface area (Å²) >= 11 is 6.01. The summed E-state index contributed by atoms with van der Waals surface area (Å²) in [6.45, 7) is 1.82. The smallest absolute Gasteiger partial charge is 0.266 e. The summed E-state index contributed by atoms with van der Waals surface area (Å²) < 4.78 is 1.06. The molecule has 0 bridgehead atoms. The molecule has 5 heteroatoms. The van der Waals surface area contributed by atoms with Gasteiger partial charge in [0.05, 0.1) is 0 Å². The maximum absolute atomic E-state index is 11.6. The quantitative estimate of drug-likeness (QED) is 0.751. The van der Waals surface area contributed by atoms with Gasteiger partial charge in [-0.1, -0.05) is 12.1 Å². The number of halogens is 1. The summed E-state index contributed by atoms with van der Waals surface area (Å²) in [4.78, 5) is 15.8. The first-order chi connectivity index (χ1) is 10.2. The molecule has 0 atom stereocenters. The highest BCUT2D eigenvalue weighted by Gasteiger charge is 2.13. The van der Waals surface area contributed by atoms with Crippen molar-refractivity contribution in [1.82, 2.24) is 14.4 Å². The molecule has 104 valence electrons. The van der Waals surface area contributed by atoms with Crippen molar-refractivity contribution in [1.29, 1.82) is 0 Å². The van der Waals surface area contributed by atoms with Gasteiger partial charge >= 0.3 is 0 Å². The average Bonchev–Trinajstić information content (AvgIpc) is 2.98. The van der Waals surface area contributed by atoms with Gasteiger partial charge in [-0.2, -0.15) is 4.09 Å². The van der Waals surface area contributed by atoms with E-state index in [1.54, 1.807) is 12.3 Å². The molecular formula is C16H12ClN3O. The Morgan fingerprint density at radius 2 is 1.95 bits per heavy atom. The first-order valence-electron chi connectivity index (χ1n) is 6.74. The monoisotopic (exact) mass is 297 g/mol. The van der Waals surface area contributed by atoms with Crippen molar-refractivity contribution in [2.75, 3.05) is 0 Å². The van der Waals surface area contributed by atoms with E-state index in [1.807, 2.05) is 6.07 Å². The topological polar surface area (TPSA) is 46.9 Å². The molecule has 4 nitrogen and oxygen atoms in total. The van der Waals surface area contributed by atoms with Gasteiger partial charge in [0.15, 0.2) is 5.65 Å². The molecule has 0 radical (unpaired) electrons. The fourth-order valence-corrected chi connectivity index (χ4v) is 3.01. The molecule has 1 aromatic carbocycles. The maximum Gasteiger partial charge on any atom is 0.266 e. The van der Waals surface area contributed by atoms with Gasteiger partial charge in [-0.25, -0.2) is 4.98 Å². The van der Waals surface area contributed by atoms with Crippen molar-refractivity contribution >= 4 is 22.8 Å². The predicted molar refractivity (Wildman–Crippen MR) is 83.2 cm³/mol. The van der Waals surface area contributed by atoms with E-state index in [9.17, 15) is 4.79 Å². The van der Waals surface area contributed by atoms with Crippen molar-refractivity contribution in [3.8, 4) is 11.1 Å². The normalized spacial score (nSPS) is 13.6. The molecule has 0 fully saturated rings. The van der Waals surface area contributed by atoms with E-state index >= 15 is 0 Å². The maximum atomic E-state index is 11.6. The van der Waals surface area contributed by atoms with Crippen LogP contribution in [0.1, 0.15) is 11.1 Å². The molecule has 0 unspecified atom stereocenters. The van der Waals surface area contributed by atoms with Crippen LogP contribution in [0.4, 0.5) is 0 Å². The summed E-state index contributed by atoms with van der Waals surface area (Å²) in [5.74, 6) is 0. The van der Waals surface area contributed by atoms with Crippen molar-refractivity contribution < 1.29 is 0 Å². The van der Waals surface area contributed by atoms with E-state index in [-0.39, 0.29) is 5.56 Å². The summed E-state index contributed by atoms with van der Waals surface area (Å²) in [6, 6.07) is 11.6. The Balaban J connectivity index is 1.99. The molecular weight excluding hydrogens is 286 g/mol. The third-order valence-corrected chi connectivity index (χ3v) is 4.22. The number of benzene rings is 1. The van der Waals surface area contributed by atoms with Gasteiger partial charge < -0.3 is 5.32 Å². The molecule has 21 heavy (non-hydrogen) atoms. The Morgan fingerprint density at radius 3 is 2.86 bits per heavy atom. The Bertz CT molecular complexity index is 917. The predicted octanol–water partition coefficient (Wildman–Crippen LogP) is 2.67. The largest absolute Gasteiger partial charge is 0.309 e. The third-order valence-electron chi connectivity index (χ3n) is 3.89. The number of hydrogen-bond donors (Lipinski definition) is 1. The van der Waals surface area contributed by atoms with E-state index in [1.165, 1.54) is 17.2 Å². The average molecular weight is 298 g/mol. The van der Waals surface area contributed by atoms with Crippen LogP contribution in [0.2, 0.25) is 0 Å². The van der Waals surface area contributed by atoms with Crippen LogP contribution >= 0.6 is 11.8 Å². The lowest BCUT2D eigenvalue weighted by Gasteiger charge is -2.09. The lowest BCUT2D eigenvalue weighted by atomic mass is 9.99. The van der Waals surface area contributed by atoms with E-state index in [0.717, 1.165) is 33.7 Å². The molecule has 2 aromatic heterocycles. The van der Waals surface area contributed by atoms with Gasteiger partial charge in [-0.05, 0) is 40.5 Å². The van der Waals surface area contributed by atoms with Crippen molar-refractivity contribution in [2.24, 2.45) is 0 Å². The Hall–Kier alpha value is -2.17. The van der Waals surface area contributed by atoms with Crippen LogP contribution in [0.5, 0.6) is 0 Å². The molecule has 0 amide bonds. The Labute approximate surface area is 126 Å². The summed E-state index contributed by atoms with van der Waals surface area (Å²) in [6.07, 6.45) is 1.68. The molecule has 4 rings (SSSR count). The van der Waals surface area contributed by atoms with E-state index in [0.29, 0.717) is 5.65 Å². The minimum atomic E-state index is -0.271. The number of hydrogen-bond acceptors (Lipinski definition) is 3. The fourth-order valence-electron chi connectivity index (χ4n) is 2.82. The summed E-state index contributed by atoms with van der Waals surface area (Å²) in [5.41, 5.74) is 5.01. The highest BCUT2D eigenvalue weighted by Crippen LogP contribution is 2.29. The number of nitrogens with one attached hydrogen (secondary N) is 1. The second-order valence-electron chi connectivity index (χ2n) is 5.14. The van der Waals surface area contributed by atoms with E-state index in [4.69, 9.17) is 11.8 Å². The molecule has 0 spiro atoms. The van der Waals surface area contributed by atoms with Gasteiger partial charge in [-0.15, -0.1) is 0 Å². The first kappa shape index (κ1) is 12.6. The Morgan fingerprint density at radius 1 is 1.10 bits per heavy atom. The number of pyridine rings is 2. The minimum absolute atomic E-state index is 0.271. The molecule has 1 aliphatic rings. The van der Waals surface area contributed by atoms with E-state index < -0.39 is 0 Å². The number of nitrogens with zero attached hydrogens (tertiary/aromatic N) is 2. The van der Waals surface area contributed by atoms with Crippen LogP contribution in [-0.2, 0) is 13.1 Å². The summed E-state index contributed by atoms with van der Waals surface area (Å²) in [5, 5.41) is 4.21. The zero-order chi connectivity index (χ0) is 14.4. The number of aromatic nitrogens is 2. The molecule has 1 aliphatic heterocycles. The molecule has 0 saturated heterocycles. The second-order valence-corrected chi connectivity index (χ2v) is 5.47. The van der Waals surface area contributed by atoms with Crippen LogP contribution in [0, 0.1) is 0 Å². The second kappa shape index (κ2) is 4.69. The molecule has 0 aliphatic carbocycles. The number of rotatable bonds is 1. The highest BCUT2D eigenvalue weighted by atomic mass is 35.5. The van der Waals surface area contributed by atoms with Crippen molar-refractivity contribution in [3.63, 3.8) is 0 Å². The van der Waals surface area contributed by atoms with Crippen LogP contribution in [-0.4, -0.2) is 9.07 Å². The van der Waals surface area contributed by atoms with Gasteiger partial charge in [0.25, 0.3) is 5.56 Å². The Kier molecular flexibility index (Phi) is 2.80. The first-order valence-corrected chi connectivity index (χ1v) is 7.08. The zero-order valence-electron chi connectivity index (χ0n) is 11.1. The molecule has 1 N–H and O–H groups in total. The molecule has 0 saturated carbocycles. The van der Waals surface area contributed by atoms with Crippen molar-refractivity contribution in [3.05, 3.63) is 64.1 Å². The van der Waals surface area contributed by atoms with Crippen molar-refractivity contribution in [2.45, 2.75) is 13.1 Å². The zero-order valence-corrected chi connectivity index (χ0v) is 11.9. The van der Waals surface area contributed by atoms with Gasteiger partial charge in [0.2, 0.25) is 0 Å². The summed E-state index contributed by atoms with van der Waals surface area (Å²) in [7, 11) is 0. The highest BCUT2D eigenvalue weighted by molar-refractivity contribution is 6.18. The number of fused-ring (bicyclic) bond motifs is 2. The third kappa shape index (κ3) is 1.95. The van der Waals surface area contributed by atoms with Gasteiger partial charge in [-0.3, -0.25) is 4.79 Å². The van der Waals surface area contributed by atoms with Crippen LogP contribution in [0.25, 0.3) is 22.2 Å². The minimum Gasteiger partial charge on any atom is -0.309 e. The van der Waals surface area contributed by atoms with Crippen LogP contribution in [0.15, 0.2) is 47.4 Å². The van der Waals surface area contributed by atoms with Gasteiger partial charge in [0.1, 0.15) is 0 Å². The van der Waals surface area contributed by atoms with Crippen LogP contribution in [0.3, 0.4) is 0 Å². The standard InChI is InChI=1S/C16H12ClN3O/c17-20-15(21)4-3-14-13(5-6-19-16(14)20)10-1-2-11-8-18-9-12(11)7-10/h1-7,18H,8-9H2. The molecule has 3 heterocycles. The van der Waals surface area contributed by atoms with Crippen LogP contribution < -0.4 is 10.9 Å². The molecule has 3 aromatic rings. The van der Waals surface area contributed by atoms with Gasteiger partial charge in [0, 0.05) is 42.5 Å². The lowest BCUT2D eigenvalue weighted by molar-refractivity contribution is 0.765. The fraction of sp³-hybridized carbons (Fsp3) is 0.125.